The summed E-state index contributed by atoms with van der Waals surface area (Å²) in [6.45, 7) is 0.797. The molecular weight excluding hydrogens is 228 g/mol. The van der Waals surface area contributed by atoms with Crippen molar-refractivity contribution in [1.82, 2.24) is 4.98 Å². The largest absolute Gasteiger partial charge is 0.480 e. The number of carboxylic acids is 1. The molecule has 0 spiro atoms. The van der Waals surface area contributed by atoms with Crippen LogP contribution in [0.15, 0.2) is 36.5 Å². The van der Waals surface area contributed by atoms with E-state index in [1.54, 1.807) is 6.20 Å². The van der Waals surface area contributed by atoms with Crippen LogP contribution in [-0.2, 0) is 4.79 Å². The number of nitrogens with zero attached hydrogens (tertiary/aromatic N) is 2. The monoisotopic (exact) mass is 242 g/mol. The minimum Gasteiger partial charge on any atom is -0.480 e. The van der Waals surface area contributed by atoms with Gasteiger partial charge < -0.3 is 10.0 Å². The van der Waals surface area contributed by atoms with Gasteiger partial charge in [-0.2, -0.15) is 0 Å². The SMILES string of the molecule is O=C(O)[C@@H]1CCCN1c1ccnc2ccccc12. The number of hydrogen-bond acceptors (Lipinski definition) is 3. The molecule has 1 aliphatic rings. The van der Waals surface area contributed by atoms with Gasteiger partial charge in [0.1, 0.15) is 6.04 Å². The lowest BCUT2D eigenvalue weighted by molar-refractivity contribution is -0.138. The summed E-state index contributed by atoms with van der Waals surface area (Å²) in [5.41, 5.74) is 1.89. The number of pyridine rings is 1. The van der Waals surface area contributed by atoms with Crippen molar-refractivity contribution >= 4 is 22.6 Å². The Morgan fingerprint density at radius 2 is 2.17 bits per heavy atom. The van der Waals surface area contributed by atoms with Crippen molar-refractivity contribution in [3.8, 4) is 0 Å². The van der Waals surface area contributed by atoms with E-state index in [4.69, 9.17) is 0 Å². The topological polar surface area (TPSA) is 53.4 Å². The molecule has 1 atom stereocenters. The molecule has 18 heavy (non-hydrogen) atoms. The van der Waals surface area contributed by atoms with E-state index in [-0.39, 0.29) is 0 Å². The highest BCUT2D eigenvalue weighted by atomic mass is 16.4. The second-order valence-corrected chi connectivity index (χ2v) is 4.54. The number of carbonyl (C=O) groups is 1. The zero-order chi connectivity index (χ0) is 12.5. The maximum Gasteiger partial charge on any atom is 0.326 e. The van der Waals surface area contributed by atoms with Gasteiger partial charge in [0.15, 0.2) is 0 Å². The lowest BCUT2D eigenvalue weighted by Crippen LogP contribution is -2.35. The molecule has 1 aliphatic heterocycles. The van der Waals surface area contributed by atoms with E-state index < -0.39 is 12.0 Å². The second-order valence-electron chi connectivity index (χ2n) is 4.54. The number of rotatable bonds is 2. The predicted octanol–water partition coefficient (Wildman–Crippen LogP) is 2.29. The van der Waals surface area contributed by atoms with Crippen molar-refractivity contribution < 1.29 is 9.90 Å². The maximum atomic E-state index is 11.3. The normalized spacial score (nSPS) is 19.3. The van der Waals surface area contributed by atoms with Gasteiger partial charge in [-0.15, -0.1) is 0 Å². The van der Waals surface area contributed by atoms with Gasteiger partial charge in [-0.05, 0) is 25.0 Å². The van der Waals surface area contributed by atoms with Crippen LogP contribution in [0.4, 0.5) is 5.69 Å². The Kier molecular flexibility index (Phi) is 2.63. The van der Waals surface area contributed by atoms with Gasteiger partial charge in [-0.3, -0.25) is 4.98 Å². The van der Waals surface area contributed by atoms with Crippen LogP contribution in [0.1, 0.15) is 12.8 Å². The summed E-state index contributed by atoms with van der Waals surface area (Å²) >= 11 is 0. The standard InChI is InChI=1S/C14H14N2O2/c17-14(18)13-6-3-9-16(13)12-7-8-15-11-5-2-1-4-10(11)12/h1-2,4-5,7-8,13H,3,6,9H2,(H,17,18)/t13-/m0/s1. The highest BCUT2D eigenvalue weighted by Gasteiger charge is 2.31. The fraction of sp³-hybridized carbons (Fsp3) is 0.286. The summed E-state index contributed by atoms with van der Waals surface area (Å²) in [5.74, 6) is -0.742. The first kappa shape index (κ1) is 11.0. The summed E-state index contributed by atoms with van der Waals surface area (Å²) in [6, 6.07) is 9.34. The molecule has 0 amide bonds. The number of aromatic nitrogens is 1. The smallest absolute Gasteiger partial charge is 0.326 e. The van der Waals surface area contributed by atoms with Gasteiger partial charge in [0.2, 0.25) is 0 Å². The molecule has 0 saturated carbocycles. The Morgan fingerprint density at radius 1 is 1.33 bits per heavy atom. The van der Waals surface area contributed by atoms with Gasteiger partial charge in [0.05, 0.1) is 5.52 Å². The third kappa shape index (κ3) is 1.70. The van der Waals surface area contributed by atoms with E-state index in [2.05, 4.69) is 4.98 Å². The molecule has 1 N–H and O–H groups in total. The molecule has 0 unspecified atom stereocenters. The van der Waals surface area contributed by atoms with Crippen LogP contribution in [-0.4, -0.2) is 28.6 Å². The summed E-state index contributed by atoms with van der Waals surface area (Å²) in [5, 5.41) is 10.3. The molecule has 1 fully saturated rings. The quantitative estimate of drug-likeness (QED) is 0.877. The van der Waals surface area contributed by atoms with Crippen molar-refractivity contribution in [2.75, 3.05) is 11.4 Å². The zero-order valence-corrected chi connectivity index (χ0v) is 9.91. The van der Waals surface area contributed by atoms with Crippen LogP contribution >= 0.6 is 0 Å². The fourth-order valence-electron chi connectivity index (χ4n) is 2.64. The average Bonchev–Trinajstić information content (AvgIpc) is 2.87. The summed E-state index contributed by atoms with van der Waals surface area (Å²) in [7, 11) is 0. The molecular formula is C14H14N2O2. The fourth-order valence-corrected chi connectivity index (χ4v) is 2.64. The molecule has 2 heterocycles. The van der Waals surface area contributed by atoms with Crippen LogP contribution in [0.5, 0.6) is 0 Å². The van der Waals surface area contributed by atoms with E-state index >= 15 is 0 Å². The van der Waals surface area contributed by atoms with Gasteiger partial charge >= 0.3 is 5.97 Å². The Hall–Kier alpha value is -2.10. The van der Waals surface area contributed by atoms with Gasteiger partial charge in [0.25, 0.3) is 0 Å². The van der Waals surface area contributed by atoms with Crippen molar-refractivity contribution in [3.63, 3.8) is 0 Å². The first-order valence-corrected chi connectivity index (χ1v) is 6.10. The lowest BCUT2D eigenvalue weighted by Gasteiger charge is -2.24. The van der Waals surface area contributed by atoms with Crippen LogP contribution in [0.25, 0.3) is 10.9 Å². The molecule has 0 aliphatic carbocycles. The Balaban J connectivity index is 2.11. The van der Waals surface area contributed by atoms with Gasteiger partial charge in [-0.25, -0.2) is 4.79 Å². The molecule has 1 aromatic heterocycles. The van der Waals surface area contributed by atoms with Crippen molar-refractivity contribution in [2.45, 2.75) is 18.9 Å². The van der Waals surface area contributed by atoms with Crippen molar-refractivity contribution in [1.29, 1.82) is 0 Å². The first-order valence-electron chi connectivity index (χ1n) is 6.10. The zero-order valence-electron chi connectivity index (χ0n) is 9.91. The highest BCUT2D eigenvalue weighted by Crippen LogP contribution is 2.31. The summed E-state index contributed by atoms with van der Waals surface area (Å²) in [4.78, 5) is 17.6. The van der Waals surface area contributed by atoms with Crippen molar-refractivity contribution in [2.24, 2.45) is 0 Å². The predicted molar refractivity (Wildman–Crippen MR) is 69.7 cm³/mol. The number of para-hydroxylation sites is 1. The number of fused-ring (bicyclic) bond motifs is 1. The first-order chi connectivity index (χ1) is 8.77. The summed E-state index contributed by atoms with van der Waals surface area (Å²) < 4.78 is 0. The molecule has 0 bridgehead atoms. The second kappa shape index (κ2) is 4.29. The van der Waals surface area contributed by atoms with Gasteiger partial charge in [0, 0.05) is 23.8 Å². The molecule has 1 aromatic carbocycles. The number of carboxylic acid groups (broad SMARTS) is 1. The number of anilines is 1. The number of benzene rings is 1. The van der Waals surface area contributed by atoms with Crippen LogP contribution in [0, 0.1) is 0 Å². The highest BCUT2D eigenvalue weighted by molar-refractivity contribution is 5.93. The number of hydrogen-bond donors (Lipinski definition) is 1. The molecule has 3 rings (SSSR count). The molecule has 92 valence electrons. The Bertz CT molecular complexity index is 592. The molecule has 4 heteroatoms. The molecule has 0 radical (unpaired) electrons. The van der Waals surface area contributed by atoms with E-state index in [1.165, 1.54) is 0 Å². The van der Waals surface area contributed by atoms with Gasteiger partial charge in [-0.1, -0.05) is 18.2 Å². The molecule has 2 aromatic rings. The molecule has 1 saturated heterocycles. The van der Waals surface area contributed by atoms with E-state index in [9.17, 15) is 9.90 Å². The van der Waals surface area contributed by atoms with E-state index in [1.807, 2.05) is 35.2 Å². The van der Waals surface area contributed by atoms with Crippen LogP contribution in [0.2, 0.25) is 0 Å². The minimum atomic E-state index is -0.742. The average molecular weight is 242 g/mol. The maximum absolute atomic E-state index is 11.3. The van der Waals surface area contributed by atoms with E-state index in [0.29, 0.717) is 6.42 Å². The lowest BCUT2D eigenvalue weighted by atomic mass is 10.1. The number of aliphatic carboxylic acids is 1. The minimum absolute atomic E-state index is 0.407. The molecule has 4 nitrogen and oxygen atoms in total. The van der Waals surface area contributed by atoms with E-state index in [0.717, 1.165) is 29.6 Å². The Morgan fingerprint density at radius 3 is 3.00 bits per heavy atom. The van der Waals surface area contributed by atoms with Crippen LogP contribution < -0.4 is 4.90 Å². The Labute approximate surface area is 105 Å². The summed E-state index contributed by atoms with van der Waals surface area (Å²) in [6.07, 6.45) is 3.38. The van der Waals surface area contributed by atoms with Crippen molar-refractivity contribution in [3.05, 3.63) is 36.5 Å². The third-order valence-corrected chi connectivity index (χ3v) is 3.47. The van der Waals surface area contributed by atoms with Crippen LogP contribution in [0.3, 0.4) is 0 Å². The third-order valence-electron chi connectivity index (χ3n) is 3.47.